The lowest BCUT2D eigenvalue weighted by Crippen LogP contribution is -2.36. The third-order valence-corrected chi connectivity index (χ3v) is 4.15. The van der Waals surface area contributed by atoms with Crippen LogP contribution in [0, 0.1) is 5.92 Å². The van der Waals surface area contributed by atoms with Gasteiger partial charge in [-0.3, -0.25) is 0 Å². The molecule has 0 saturated heterocycles. The Morgan fingerprint density at radius 3 is 1.65 bits per heavy atom. The second-order valence-corrected chi connectivity index (χ2v) is 5.39. The lowest BCUT2D eigenvalue weighted by atomic mass is 9.73. The van der Waals surface area contributed by atoms with Crippen molar-refractivity contribution in [2.45, 2.75) is 38.7 Å². The zero-order valence-electron chi connectivity index (χ0n) is 12.4. The zero-order chi connectivity index (χ0) is 14.4. The van der Waals surface area contributed by atoms with E-state index in [0.717, 1.165) is 30.4 Å². The van der Waals surface area contributed by atoms with Gasteiger partial charge in [0.1, 0.15) is 5.60 Å². The molecule has 2 aromatic rings. The van der Waals surface area contributed by atoms with Gasteiger partial charge in [-0.25, -0.2) is 0 Å². The van der Waals surface area contributed by atoms with Gasteiger partial charge in [-0.15, -0.1) is 0 Å². The highest BCUT2D eigenvalue weighted by molar-refractivity contribution is 5.36. The number of benzene rings is 2. The Balaban J connectivity index is 2.54. The maximum Gasteiger partial charge on any atom is 0.117 e. The monoisotopic (exact) mass is 268 g/mol. The maximum absolute atomic E-state index is 11.5. The summed E-state index contributed by atoms with van der Waals surface area (Å²) in [6, 6.07) is 20.1. The van der Waals surface area contributed by atoms with E-state index in [9.17, 15) is 5.11 Å². The quantitative estimate of drug-likeness (QED) is 0.801. The molecule has 0 amide bonds. The zero-order valence-corrected chi connectivity index (χ0v) is 12.4. The van der Waals surface area contributed by atoms with Gasteiger partial charge >= 0.3 is 0 Å². The fourth-order valence-corrected chi connectivity index (χ4v) is 3.08. The van der Waals surface area contributed by atoms with Gasteiger partial charge in [0.2, 0.25) is 0 Å². The molecule has 1 N–H and O–H groups in total. The summed E-state index contributed by atoms with van der Waals surface area (Å²) in [5.74, 6) is 0.234. The lowest BCUT2D eigenvalue weighted by Gasteiger charge is -2.37. The number of hydrogen-bond acceptors (Lipinski definition) is 1. The van der Waals surface area contributed by atoms with Gasteiger partial charge in [-0.05, 0) is 29.9 Å². The van der Waals surface area contributed by atoms with Crippen molar-refractivity contribution < 1.29 is 5.11 Å². The van der Waals surface area contributed by atoms with E-state index in [2.05, 4.69) is 13.8 Å². The molecule has 1 heteroatoms. The van der Waals surface area contributed by atoms with Crippen molar-refractivity contribution in [3.05, 3.63) is 71.8 Å². The summed E-state index contributed by atoms with van der Waals surface area (Å²) in [5, 5.41) is 11.5. The summed E-state index contributed by atoms with van der Waals surface area (Å²) in [6.45, 7) is 4.34. The molecular weight excluding hydrogens is 244 g/mol. The average molecular weight is 268 g/mol. The highest BCUT2D eigenvalue weighted by Gasteiger charge is 2.38. The van der Waals surface area contributed by atoms with Gasteiger partial charge in [0.15, 0.2) is 0 Å². The van der Waals surface area contributed by atoms with E-state index in [-0.39, 0.29) is 5.92 Å². The minimum absolute atomic E-state index is 0.234. The molecule has 0 heterocycles. The Kier molecular flexibility index (Phi) is 4.97. The van der Waals surface area contributed by atoms with Gasteiger partial charge in [0, 0.05) is 0 Å². The van der Waals surface area contributed by atoms with Gasteiger partial charge < -0.3 is 5.11 Å². The summed E-state index contributed by atoms with van der Waals surface area (Å²) < 4.78 is 0. The summed E-state index contributed by atoms with van der Waals surface area (Å²) in [6.07, 6.45) is 3.07. The summed E-state index contributed by atoms with van der Waals surface area (Å²) in [4.78, 5) is 0. The smallest absolute Gasteiger partial charge is 0.117 e. The molecule has 0 aliphatic rings. The Bertz CT molecular complexity index is 464. The van der Waals surface area contributed by atoms with Gasteiger partial charge in [0.25, 0.3) is 0 Å². The van der Waals surface area contributed by atoms with Crippen molar-refractivity contribution >= 4 is 0 Å². The largest absolute Gasteiger partial charge is 0.380 e. The fraction of sp³-hybridized carbons (Fsp3) is 0.368. The molecule has 1 atom stereocenters. The first-order chi connectivity index (χ1) is 9.73. The number of hydrogen-bond donors (Lipinski definition) is 1. The van der Waals surface area contributed by atoms with Crippen LogP contribution in [0.4, 0.5) is 0 Å². The first-order valence-corrected chi connectivity index (χ1v) is 7.56. The van der Waals surface area contributed by atoms with Crippen LogP contribution in [-0.2, 0) is 5.60 Å². The van der Waals surface area contributed by atoms with E-state index in [4.69, 9.17) is 0 Å². The van der Waals surface area contributed by atoms with Crippen LogP contribution in [0.1, 0.15) is 44.2 Å². The summed E-state index contributed by atoms with van der Waals surface area (Å²) in [5.41, 5.74) is 1.09. The van der Waals surface area contributed by atoms with Crippen molar-refractivity contribution in [1.29, 1.82) is 0 Å². The Morgan fingerprint density at radius 1 is 0.850 bits per heavy atom. The average Bonchev–Trinajstić information content (AvgIpc) is 2.53. The third kappa shape index (κ3) is 2.78. The van der Waals surface area contributed by atoms with Crippen molar-refractivity contribution in [3.63, 3.8) is 0 Å². The third-order valence-electron chi connectivity index (χ3n) is 4.15. The van der Waals surface area contributed by atoms with Crippen LogP contribution >= 0.6 is 0 Å². The molecule has 0 aliphatic heterocycles. The number of rotatable bonds is 6. The normalized spacial score (nSPS) is 13.2. The molecule has 1 nitrogen and oxygen atoms in total. The Morgan fingerprint density at radius 2 is 1.30 bits per heavy atom. The van der Waals surface area contributed by atoms with E-state index in [1.54, 1.807) is 0 Å². The van der Waals surface area contributed by atoms with Crippen molar-refractivity contribution in [2.75, 3.05) is 0 Å². The minimum atomic E-state index is -0.896. The highest BCUT2D eigenvalue weighted by Crippen LogP contribution is 2.40. The lowest BCUT2D eigenvalue weighted by molar-refractivity contribution is 0.00982. The molecule has 0 aliphatic carbocycles. The van der Waals surface area contributed by atoms with Crippen LogP contribution in [-0.4, -0.2) is 5.11 Å². The van der Waals surface area contributed by atoms with E-state index >= 15 is 0 Å². The molecule has 0 spiro atoms. The SMILES string of the molecule is CCCC(CC)C(O)(c1ccccc1)c1ccccc1. The standard InChI is InChI=1S/C19H24O/c1-3-11-16(4-2)19(20,17-12-7-5-8-13-17)18-14-9-6-10-15-18/h5-10,12-16,20H,3-4,11H2,1-2H3. The van der Waals surface area contributed by atoms with Crippen molar-refractivity contribution in [3.8, 4) is 0 Å². The molecule has 106 valence electrons. The van der Waals surface area contributed by atoms with Crippen LogP contribution in [0.5, 0.6) is 0 Å². The summed E-state index contributed by atoms with van der Waals surface area (Å²) in [7, 11) is 0. The summed E-state index contributed by atoms with van der Waals surface area (Å²) >= 11 is 0. The molecule has 1 unspecified atom stereocenters. The Labute approximate surface area is 122 Å². The van der Waals surface area contributed by atoms with Crippen molar-refractivity contribution in [1.82, 2.24) is 0 Å². The molecule has 0 saturated carbocycles. The predicted molar refractivity (Wildman–Crippen MR) is 84.6 cm³/mol. The minimum Gasteiger partial charge on any atom is -0.380 e. The van der Waals surface area contributed by atoms with Crippen LogP contribution < -0.4 is 0 Å². The molecule has 0 bridgehead atoms. The van der Waals surface area contributed by atoms with Crippen molar-refractivity contribution in [2.24, 2.45) is 5.92 Å². The molecule has 2 rings (SSSR count). The first kappa shape index (κ1) is 14.8. The van der Waals surface area contributed by atoms with E-state index in [1.807, 2.05) is 60.7 Å². The molecule has 0 aromatic heterocycles. The fourth-order valence-electron chi connectivity index (χ4n) is 3.08. The topological polar surface area (TPSA) is 20.2 Å². The molecule has 0 radical (unpaired) electrons. The predicted octanol–water partition coefficient (Wildman–Crippen LogP) is 4.75. The van der Waals surface area contributed by atoms with Crippen LogP contribution in [0.3, 0.4) is 0 Å². The van der Waals surface area contributed by atoms with E-state index in [1.165, 1.54) is 0 Å². The highest BCUT2D eigenvalue weighted by atomic mass is 16.3. The van der Waals surface area contributed by atoms with Crippen LogP contribution in [0.15, 0.2) is 60.7 Å². The van der Waals surface area contributed by atoms with Gasteiger partial charge in [-0.2, -0.15) is 0 Å². The molecule has 2 aromatic carbocycles. The second-order valence-electron chi connectivity index (χ2n) is 5.39. The van der Waals surface area contributed by atoms with E-state index < -0.39 is 5.60 Å². The number of aliphatic hydroxyl groups is 1. The maximum atomic E-state index is 11.5. The van der Waals surface area contributed by atoms with E-state index in [0.29, 0.717) is 0 Å². The second kappa shape index (κ2) is 6.71. The van der Waals surface area contributed by atoms with Crippen LogP contribution in [0.2, 0.25) is 0 Å². The van der Waals surface area contributed by atoms with Gasteiger partial charge in [0.05, 0.1) is 0 Å². The molecule has 0 fully saturated rings. The molecular formula is C19H24O. The Hall–Kier alpha value is -1.60. The molecule has 20 heavy (non-hydrogen) atoms. The van der Waals surface area contributed by atoms with Crippen LogP contribution in [0.25, 0.3) is 0 Å². The first-order valence-electron chi connectivity index (χ1n) is 7.56. The van der Waals surface area contributed by atoms with Gasteiger partial charge in [-0.1, -0.05) is 80.9 Å².